The van der Waals surface area contributed by atoms with Crippen molar-refractivity contribution in [3.63, 3.8) is 0 Å². The predicted molar refractivity (Wildman–Crippen MR) is 96.9 cm³/mol. The average Bonchev–Trinajstić information content (AvgIpc) is 3.04. The Morgan fingerprint density at radius 3 is 2.50 bits per heavy atom. The van der Waals surface area contributed by atoms with E-state index < -0.39 is 17.8 Å². The van der Waals surface area contributed by atoms with E-state index in [0.717, 1.165) is 15.7 Å². The van der Waals surface area contributed by atoms with Gasteiger partial charge in [0.05, 0.1) is 17.5 Å². The third-order valence-corrected chi connectivity index (χ3v) is 5.25. The molecule has 0 saturated carbocycles. The van der Waals surface area contributed by atoms with Crippen LogP contribution in [0.4, 0.5) is 5.13 Å². The molecule has 2 N–H and O–H groups in total. The Morgan fingerprint density at radius 1 is 1.17 bits per heavy atom. The molecule has 0 fully saturated rings. The van der Waals surface area contributed by atoms with Crippen molar-refractivity contribution in [2.75, 3.05) is 5.32 Å². The van der Waals surface area contributed by atoms with Crippen LogP contribution in [0.5, 0.6) is 0 Å². The fourth-order valence-corrected chi connectivity index (χ4v) is 3.65. The number of carboxylic acids is 1. The molecule has 0 saturated heterocycles. The molecule has 124 valence electrons. The number of benzene rings is 1. The molecule has 5 nitrogen and oxygen atoms in total. The molecule has 7 heteroatoms. The number of carbonyl (C=O) groups excluding carboxylic acids is 1. The zero-order chi connectivity index (χ0) is 17.1. The highest BCUT2D eigenvalue weighted by Gasteiger charge is 2.34. The highest BCUT2D eigenvalue weighted by Crippen LogP contribution is 2.29. The third-order valence-electron chi connectivity index (χ3n) is 3.96. The average molecular weight is 407 g/mol. The lowest BCUT2D eigenvalue weighted by Crippen LogP contribution is -2.34. The molecule has 1 aliphatic rings. The van der Waals surface area contributed by atoms with Crippen molar-refractivity contribution < 1.29 is 14.7 Å². The number of hydrogen-bond acceptors (Lipinski definition) is 4. The largest absolute Gasteiger partial charge is 0.481 e. The van der Waals surface area contributed by atoms with Gasteiger partial charge in [-0.1, -0.05) is 40.2 Å². The maximum Gasteiger partial charge on any atom is 0.307 e. The first-order valence-electron chi connectivity index (χ1n) is 7.44. The Hall–Kier alpha value is -1.99. The van der Waals surface area contributed by atoms with Crippen molar-refractivity contribution in [2.45, 2.75) is 12.8 Å². The van der Waals surface area contributed by atoms with Crippen molar-refractivity contribution in [1.82, 2.24) is 4.98 Å². The Labute approximate surface area is 151 Å². The first-order valence-corrected chi connectivity index (χ1v) is 9.12. The SMILES string of the molecule is O=C(O)[C@H]1CC=CC[C@H]1C(=O)Nc1nc(-c2ccc(Br)cc2)cs1. The number of halogens is 1. The second-order valence-electron chi connectivity index (χ2n) is 5.53. The molecule has 3 rings (SSSR count). The van der Waals surface area contributed by atoms with E-state index in [4.69, 9.17) is 0 Å². The first kappa shape index (κ1) is 16.9. The van der Waals surface area contributed by atoms with Gasteiger partial charge in [0.15, 0.2) is 5.13 Å². The van der Waals surface area contributed by atoms with E-state index in [1.165, 1.54) is 11.3 Å². The van der Waals surface area contributed by atoms with Crippen molar-refractivity contribution in [3.05, 3.63) is 46.3 Å². The van der Waals surface area contributed by atoms with E-state index in [0.29, 0.717) is 18.0 Å². The van der Waals surface area contributed by atoms with E-state index in [2.05, 4.69) is 26.2 Å². The van der Waals surface area contributed by atoms with Crippen LogP contribution in [-0.4, -0.2) is 22.0 Å². The number of anilines is 1. The number of aliphatic carboxylic acids is 1. The maximum absolute atomic E-state index is 12.4. The van der Waals surface area contributed by atoms with Crippen LogP contribution in [0.15, 0.2) is 46.3 Å². The van der Waals surface area contributed by atoms with E-state index in [1.54, 1.807) is 0 Å². The van der Waals surface area contributed by atoms with Gasteiger partial charge in [0.1, 0.15) is 0 Å². The summed E-state index contributed by atoms with van der Waals surface area (Å²) in [6, 6.07) is 7.74. The normalized spacial score (nSPS) is 19.9. The zero-order valence-corrected chi connectivity index (χ0v) is 15.0. The number of nitrogens with one attached hydrogen (secondary N) is 1. The molecule has 1 aromatic carbocycles. The van der Waals surface area contributed by atoms with E-state index in [1.807, 2.05) is 41.8 Å². The lowest BCUT2D eigenvalue weighted by Gasteiger charge is -2.23. The molecule has 2 aromatic rings. The zero-order valence-electron chi connectivity index (χ0n) is 12.6. The van der Waals surface area contributed by atoms with Crippen LogP contribution in [0.1, 0.15) is 12.8 Å². The number of carbonyl (C=O) groups is 2. The van der Waals surface area contributed by atoms with Crippen LogP contribution in [0.25, 0.3) is 11.3 Å². The Kier molecular flexibility index (Phi) is 5.11. The fourth-order valence-electron chi connectivity index (χ4n) is 2.66. The number of thiazole rings is 1. The Morgan fingerprint density at radius 2 is 1.83 bits per heavy atom. The third kappa shape index (κ3) is 3.73. The van der Waals surface area contributed by atoms with Gasteiger partial charge in [-0.15, -0.1) is 11.3 Å². The van der Waals surface area contributed by atoms with Crippen LogP contribution < -0.4 is 5.32 Å². The molecule has 0 spiro atoms. The summed E-state index contributed by atoms with van der Waals surface area (Å²) < 4.78 is 0.986. The van der Waals surface area contributed by atoms with Crippen molar-refractivity contribution >= 4 is 44.3 Å². The van der Waals surface area contributed by atoms with Crippen molar-refractivity contribution in [1.29, 1.82) is 0 Å². The number of hydrogen-bond donors (Lipinski definition) is 2. The molecule has 1 aliphatic carbocycles. The summed E-state index contributed by atoms with van der Waals surface area (Å²) in [6.07, 6.45) is 4.50. The summed E-state index contributed by atoms with van der Waals surface area (Å²) in [5.41, 5.74) is 1.74. The molecule has 0 unspecified atom stereocenters. The minimum Gasteiger partial charge on any atom is -0.481 e. The highest BCUT2D eigenvalue weighted by atomic mass is 79.9. The van der Waals surface area contributed by atoms with Crippen molar-refractivity contribution in [2.24, 2.45) is 11.8 Å². The lowest BCUT2D eigenvalue weighted by atomic mass is 9.82. The quantitative estimate of drug-likeness (QED) is 0.746. The summed E-state index contributed by atoms with van der Waals surface area (Å²) in [6.45, 7) is 0. The van der Waals surface area contributed by atoms with Crippen LogP contribution in [-0.2, 0) is 9.59 Å². The van der Waals surface area contributed by atoms with Gasteiger partial charge in [-0.2, -0.15) is 0 Å². The molecular formula is C17H15BrN2O3S. The topological polar surface area (TPSA) is 79.3 Å². The molecule has 0 bridgehead atoms. The second-order valence-corrected chi connectivity index (χ2v) is 7.30. The highest BCUT2D eigenvalue weighted by molar-refractivity contribution is 9.10. The standard InChI is InChI=1S/C17H15BrN2O3S/c18-11-7-5-10(6-8-11)14-9-24-17(19-14)20-15(21)12-3-1-2-4-13(12)16(22)23/h1-2,5-9,12-13H,3-4H2,(H,22,23)(H,19,20,21)/t12-,13+/m1/s1. The summed E-state index contributed by atoms with van der Waals surface area (Å²) in [4.78, 5) is 28.2. The summed E-state index contributed by atoms with van der Waals surface area (Å²) in [5, 5.41) is 14.4. The van der Waals surface area contributed by atoms with Gasteiger partial charge in [-0.25, -0.2) is 4.98 Å². The van der Waals surface area contributed by atoms with Crippen LogP contribution >= 0.6 is 27.3 Å². The van der Waals surface area contributed by atoms with Gasteiger partial charge in [-0.05, 0) is 25.0 Å². The molecule has 1 amide bonds. The van der Waals surface area contributed by atoms with Gasteiger partial charge in [0.2, 0.25) is 5.91 Å². The van der Waals surface area contributed by atoms with E-state index in [9.17, 15) is 14.7 Å². The number of amides is 1. The minimum atomic E-state index is -0.936. The van der Waals surface area contributed by atoms with E-state index in [-0.39, 0.29) is 5.91 Å². The molecule has 24 heavy (non-hydrogen) atoms. The molecule has 0 aliphatic heterocycles. The maximum atomic E-state index is 12.4. The number of aromatic nitrogens is 1. The fraction of sp³-hybridized carbons (Fsp3) is 0.235. The minimum absolute atomic E-state index is 0.288. The number of allylic oxidation sites excluding steroid dienone is 2. The molecule has 1 heterocycles. The number of carboxylic acid groups (broad SMARTS) is 1. The molecule has 1 aromatic heterocycles. The first-order chi connectivity index (χ1) is 11.5. The summed E-state index contributed by atoms with van der Waals surface area (Å²) in [7, 11) is 0. The number of rotatable bonds is 4. The smallest absolute Gasteiger partial charge is 0.307 e. The predicted octanol–water partition coefficient (Wildman–Crippen LogP) is 4.18. The summed E-state index contributed by atoms with van der Waals surface area (Å²) in [5.74, 6) is -2.47. The second kappa shape index (κ2) is 7.27. The number of nitrogens with zero attached hydrogens (tertiary/aromatic N) is 1. The Balaban J connectivity index is 1.72. The van der Waals surface area contributed by atoms with Crippen molar-refractivity contribution in [3.8, 4) is 11.3 Å². The Bertz CT molecular complexity index is 785. The van der Waals surface area contributed by atoms with Crippen LogP contribution in [0.2, 0.25) is 0 Å². The lowest BCUT2D eigenvalue weighted by molar-refractivity contribution is -0.146. The van der Waals surface area contributed by atoms with Gasteiger partial charge in [0.25, 0.3) is 0 Å². The van der Waals surface area contributed by atoms with E-state index >= 15 is 0 Å². The summed E-state index contributed by atoms with van der Waals surface area (Å²) >= 11 is 4.72. The molecular weight excluding hydrogens is 392 g/mol. The molecule has 0 radical (unpaired) electrons. The van der Waals surface area contributed by atoms with Gasteiger partial charge >= 0.3 is 5.97 Å². The van der Waals surface area contributed by atoms with Crippen LogP contribution in [0.3, 0.4) is 0 Å². The van der Waals surface area contributed by atoms with Gasteiger partial charge in [0, 0.05) is 15.4 Å². The van der Waals surface area contributed by atoms with Gasteiger partial charge in [-0.3, -0.25) is 9.59 Å². The molecule has 2 atom stereocenters. The monoisotopic (exact) mass is 406 g/mol. The van der Waals surface area contributed by atoms with Crippen LogP contribution in [0, 0.1) is 11.8 Å². The van der Waals surface area contributed by atoms with Gasteiger partial charge < -0.3 is 10.4 Å².